The molecule has 0 N–H and O–H groups in total. The third kappa shape index (κ3) is 6.69. The quantitative estimate of drug-likeness (QED) is 0.200. The summed E-state index contributed by atoms with van der Waals surface area (Å²) in [4.78, 5) is 35.4. The molecule has 0 radical (unpaired) electrons. The van der Waals surface area contributed by atoms with Gasteiger partial charge in [-0.3, -0.25) is 19.6 Å². The predicted octanol–water partition coefficient (Wildman–Crippen LogP) is 5.29. The van der Waals surface area contributed by atoms with Crippen molar-refractivity contribution in [1.29, 1.82) is 5.26 Å². The van der Waals surface area contributed by atoms with Gasteiger partial charge in [0.15, 0.2) is 17.5 Å². The number of hydrogen-bond donors (Lipinski definition) is 0. The highest BCUT2D eigenvalue weighted by Gasteiger charge is 2.49. The minimum Gasteiger partial charge on any atom is -0.461 e. The molecule has 15 heteroatoms. The van der Waals surface area contributed by atoms with Crippen LogP contribution in [0.1, 0.15) is 62.8 Å². The second-order valence-electron chi connectivity index (χ2n) is 16.0. The summed E-state index contributed by atoms with van der Waals surface area (Å²) >= 11 is 0. The van der Waals surface area contributed by atoms with Crippen LogP contribution in [0.2, 0.25) is 0 Å². The lowest BCUT2D eigenvalue weighted by Crippen LogP contribution is -2.55. The molecular formula is C40H44F4N8O3. The highest BCUT2D eigenvalue weighted by Crippen LogP contribution is 2.47. The van der Waals surface area contributed by atoms with Crippen molar-refractivity contribution in [3.8, 4) is 23.3 Å². The standard InChI is InChI=1S/C40H44F4N8O3/c41-25-17-40(11-2-13-50(40)19-25)23-55-39-47-37-30(18-46-36(35(37)44)29-8-9-31(42)34(43)33(29)24-4-5-24)38(48-39)49-15-16-52(26(20-49)10-12-45)32(53)3-1-14-51-27-6-7-28(51)22-54-21-27/h1,3,8-9,18,24-28H,2,4-7,10-11,13-17,19-23H2/b3-1+/t25-,26+,27-,28+,40+/m1/s1. The molecule has 5 aliphatic heterocycles. The van der Waals surface area contributed by atoms with Crippen LogP contribution in [0.5, 0.6) is 6.01 Å². The number of amides is 1. The molecule has 0 spiro atoms. The molecule has 1 saturated carbocycles. The number of anilines is 1. The highest BCUT2D eigenvalue weighted by atomic mass is 19.2. The molecule has 5 saturated heterocycles. The van der Waals surface area contributed by atoms with Crippen LogP contribution in [0.25, 0.3) is 22.2 Å². The fraction of sp³-hybridized carbons (Fsp3) is 0.575. The molecule has 6 aliphatic rings. The summed E-state index contributed by atoms with van der Waals surface area (Å²) in [6.45, 7) is 4.11. The molecule has 1 aromatic carbocycles. The molecule has 7 heterocycles. The number of carbonyl (C=O) groups excluding carboxylic acids is 1. The van der Waals surface area contributed by atoms with E-state index in [1.807, 2.05) is 11.0 Å². The molecule has 290 valence electrons. The second kappa shape index (κ2) is 14.6. The highest BCUT2D eigenvalue weighted by molar-refractivity contribution is 5.93. The SMILES string of the molecule is N#CC[C@H]1CN(c2nc(OC[C@@]34CCCN3C[C@H](F)C4)nc3c(F)c(-c4ccc(F)c(F)c4C4CC4)ncc23)CCN1C(=O)/C=C/CN1[C@@H]2CC[C@H]1COC2. The number of alkyl halides is 1. The largest absolute Gasteiger partial charge is 0.461 e. The van der Waals surface area contributed by atoms with Crippen molar-refractivity contribution < 1.29 is 31.8 Å². The zero-order valence-electron chi connectivity index (χ0n) is 30.6. The number of morpholine rings is 1. The Balaban J connectivity index is 1.03. The molecule has 9 rings (SSSR count). The minimum atomic E-state index is -1.00. The maximum atomic E-state index is 16.8. The van der Waals surface area contributed by atoms with Crippen molar-refractivity contribution in [2.24, 2.45) is 0 Å². The molecule has 3 aromatic rings. The summed E-state index contributed by atoms with van der Waals surface area (Å²) in [5.74, 6) is -2.94. The van der Waals surface area contributed by atoms with Gasteiger partial charge in [0.2, 0.25) is 5.91 Å². The van der Waals surface area contributed by atoms with Crippen molar-refractivity contribution in [1.82, 2.24) is 29.7 Å². The van der Waals surface area contributed by atoms with Crippen molar-refractivity contribution in [3.05, 3.63) is 53.5 Å². The van der Waals surface area contributed by atoms with E-state index in [9.17, 15) is 18.8 Å². The number of fused-ring (bicyclic) bond motifs is 4. The topological polar surface area (TPSA) is 111 Å². The Bertz CT molecular complexity index is 2040. The van der Waals surface area contributed by atoms with E-state index in [1.165, 1.54) is 12.3 Å². The monoisotopic (exact) mass is 760 g/mol. The lowest BCUT2D eigenvalue weighted by Gasteiger charge is -2.41. The smallest absolute Gasteiger partial charge is 0.319 e. The summed E-state index contributed by atoms with van der Waals surface area (Å²) in [7, 11) is 0. The maximum Gasteiger partial charge on any atom is 0.319 e. The first-order valence-corrected chi connectivity index (χ1v) is 19.5. The van der Waals surface area contributed by atoms with Gasteiger partial charge < -0.3 is 19.3 Å². The Morgan fingerprint density at radius 2 is 1.87 bits per heavy atom. The fourth-order valence-corrected chi connectivity index (χ4v) is 9.71. The van der Waals surface area contributed by atoms with E-state index in [4.69, 9.17) is 14.5 Å². The van der Waals surface area contributed by atoms with Crippen LogP contribution in [0.4, 0.5) is 23.4 Å². The number of rotatable bonds is 10. The van der Waals surface area contributed by atoms with Crippen LogP contribution < -0.4 is 9.64 Å². The summed E-state index contributed by atoms with van der Waals surface area (Å²) in [5.41, 5.74) is -0.508. The van der Waals surface area contributed by atoms with Crippen LogP contribution in [-0.4, -0.2) is 124 Å². The van der Waals surface area contributed by atoms with E-state index in [2.05, 4.69) is 25.8 Å². The number of halogens is 4. The Morgan fingerprint density at radius 1 is 1.05 bits per heavy atom. The first-order chi connectivity index (χ1) is 26.7. The molecular weight excluding hydrogens is 716 g/mol. The second-order valence-corrected chi connectivity index (χ2v) is 16.0. The molecule has 6 fully saturated rings. The number of carbonyl (C=O) groups is 1. The molecule has 5 atom stereocenters. The van der Waals surface area contributed by atoms with Crippen LogP contribution in [0.3, 0.4) is 0 Å². The van der Waals surface area contributed by atoms with Gasteiger partial charge in [0.1, 0.15) is 29.8 Å². The van der Waals surface area contributed by atoms with Crippen molar-refractivity contribution in [2.45, 2.75) is 87.1 Å². The van der Waals surface area contributed by atoms with Gasteiger partial charge in [-0.1, -0.05) is 6.08 Å². The van der Waals surface area contributed by atoms with Gasteiger partial charge in [-0.25, -0.2) is 17.6 Å². The number of pyridine rings is 1. The van der Waals surface area contributed by atoms with Crippen molar-refractivity contribution in [2.75, 3.05) is 64.0 Å². The van der Waals surface area contributed by atoms with Gasteiger partial charge in [0.25, 0.3) is 0 Å². The summed E-state index contributed by atoms with van der Waals surface area (Å²) in [5, 5.41) is 10.1. The number of ether oxygens (including phenoxy) is 2. The molecule has 11 nitrogen and oxygen atoms in total. The summed E-state index contributed by atoms with van der Waals surface area (Å²) < 4.78 is 72.9. The van der Waals surface area contributed by atoms with Gasteiger partial charge >= 0.3 is 6.01 Å². The number of hydrogen-bond acceptors (Lipinski definition) is 10. The lowest BCUT2D eigenvalue weighted by atomic mass is 9.95. The third-order valence-corrected chi connectivity index (χ3v) is 12.6. The normalized spacial score (nSPS) is 28.3. The zero-order chi connectivity index (χ0) is 37.8. The van der Waals surface area contributed by atoms with E-state index in [0.717, 1.165) is 38.3 Å². The van der Waals surface area contributed by atoms with Gasteiger partial charge in [-0.15, -0.1) is 0 Å². The van der Waals surface area contributed by atoms with E-state index < -0.39 is 35.2 Å². The number of benzene rings is 1. The first-order valence-electron chi connectivity index (χ1n) is 19.5. The number of piperazine rings is 1. The summed E-state index contributed by atoms with van der Waals surface area (Å²) in [6.07, 6.45) is 9.50. The Hall–Kier alpha value is -4.39. The fourth-order valence-electron chi connectivity index (χ4n) is 9.71. The van der Waals surface area contributed by atoms with Gasteiger partial charge in [-0.2, -0.15) is 15.2 Å². The summed E-state index contributed by atoms with van der Waals surface area (Å²) in [6, 6.07) is 4.69. The van der Waals surface area contributed by atoms with Crippen molar-refractivity contribution in [3.63, 3.8) is 0 Å². The molecule has 2 bridgehead atoms. The van der Waals surface area contributed by atoms with Gasteiger partial charge in [0.05, 0.1) is 42.7 Å². The van der Waals surface area contributed by atoms with E-state index >= 15 is 8.78 Å². The van der Waals surface area contributed by atoms with Gasteiger partial charge in [-0.05, 0) is 63.1 Å². The Labute approximate surface area is 316 Å². The molecule has 0 unspecified atom stereocenters. The Kier molecular flexibility index (Phi) is 9.62. The first kappa shape index (κ1) is 36.3. The Morgan fingerprint density at radius 3 is 2.65 bits per heavy atom. The van der Waals surface area contributed by atoms with Crippen LogP contribution in [-0.2, 0) is 9.53 Å². The maximum absolute atomic E-state index is 16.8. The van der Waals surface area contributed by atoms with E-state index in [0.29, 0.717) is 70.0 Å². The average Bonchev–Trinajstić information content (AvgIpc) is 3.82. The van der Waals surface area contributed by atoms with Crippen LogP contribution >= 0.6 is 0 Å². The lowest BCUT2D eigenvalue weighted by molar-refractivity contribution is -0.128. The molecule has 55 heavy (non-hydrogen) atoms. The van der Waals surface area contributed by atoms with Gasteiger partial charge in [0, 0.05) is 74.6 Å². The van der Waals surface area contributed by atoms with Crippen LogP contribution in [0, 0.1) is 28.8 Å². The third-order valence-electron chi connectivity index (χ3n) is 12.6. The minimum absolute atomic E-state index is 0.0651. The number of nitrogens with zero attached hydrogens (tertiary/aromatic N) is 8. The van der Waals surface area contributed by atoms with E-state index in [1.54, 1.807) is 11.0 Å². The molecule has 1 amide bonds. The average molecular weight is 761 g/mol. The van der Waals surface area contributed by atoms with E-state index in [-0.39, 0.29) is 71.7 Å². The van der Waals surface area contributed by atoms with Crippen LogP contribution in [0.15, 0.2) is 30.5 Å². The number of nitriles is 1. The molecule has 1 aliphatic carbocycles. The van der Waals surface area contributed by atoms with Crippen molar-refractivity contribution >= 4 is 22.6 Å². The number of aromatic nitrogens is 3. The predicted molar refractivity (Wildman–Crippen MR) is 195 cm³/mol. The molecule has 2 aromatic heterocycles. The zero-order valence-corrected chi connectivity index (χ0v) is 30.6.